The van der Waals surface area contributed by atoms with Gasteiger partial charge < -0.3 is 9.42 Å². The topological polar surface area (TPSA) is 62.5 Å². The van der Waals surface area contributed by atoms with Gasteiger partial charge in [0.2, 0.25) is 0 Å². The van der Waals surface area contributed by atoms with E-state index in [1.54, 1.807) is 0 Å². The summed E-state index contributed by atoms with van der Waals surface area (Å²) in [5, 5.41) is 7.97. The average Bonchev–Trinajstić information content (AvgIpc) is 1.89. The zero-order valence-electron chi connectivity index (χ0n) is 4.45. The summed E-state index contributed by atoms with van der Waals surface area (Å²) in [5.74, 6) is 0. The molecule has 0 aliphatic carbocycles. The van der Waals surface area contributed by atoms with Crippen LogP contribution in [0.5, 0.6) is 0 Å². The Balaban J connectivity index is 2.99. The first kappa shape index (κ1) is 9.09. The molecule has 0 aliphatic rings. The first-order valence-electron chi connectivity index (χ1n) is 2.09. The second-order valence-electron chi connectivity index (χ2n) is 1.05. The molecule has 9 heavy (non-hydrogen) atoms. The van der Waals surface area contributed by atoms with Gasteiger partial charge in [0.15, 0.2) is 0 Å². The smallest absolute Gasteiger partial charge is 0.327 e. The van der Waals surface area contributed by atoms with Crippen molar-refractivity contribution in [2.75, 3.05) is 6.61 Å². The van der Waals surface area contributed by atoms with Crippen molar-refractivity contribution in [1.29, 1.82) is 5.26 Å². The van der Waals surface area contributed by atoms with Crippen LogP contribution in [0.25, 0.3) is 0 Å². The SMILES string of the molecule is N#CCCOP(O)OCl. The summed E-state index contributed by atoms with van der Waals surface area (Å²) in [6, 6.07) is 1.82. The molecule has 0 heterocycles. The molecular formula is C3H5ClNO3P. The molecular weight excluding hydrogens is 164 g/mol. The van der Waals surface area contributed by atoms with E-state index in [4.69, 9.17) is 22.0 Å². The fraction of sp³-hybridized carbons (Fsp3) is 0.667. The lowest BCUT2D eigenvalue weighted by Gasteiger charge is -2.01. The van der Waals surface area contributed by atoms with Crippen LogP contribution in [0, 0.1) is 11.3 Å². The van der Waals surface area contributed by atoms with E-state index >= 15 is 0 Å². The summed E-state index contributed by atoms with van der Waals surface area (Å²) in [7, 11) is -1.98. The number of rotatable bonds is 4. The quantitative estimate of drug-likeness (QED) is 0.509. The standard InChI is InChI=1S/C3H5ClNO3P/c4-8-9(6)7-3-1-2-5/h6H,1,3H2. The van der Waals surface area contributed by atoms with E-state index in [9.17, 15) is 0 Å². The van der Waals surface area contributed by atoms with E-state index < -0.39 is 8.60 Å². The highest BCUT2D eigenvalue weighted by Gasteiger charge is 2.02. The number of nitrogens with zero attached hydrogens (tertiary/aromatic N) is 1. The third kappa shape index (κ3) is 5.97. The summed E-state index contributed by atoms with van der Waals surface area (Å²) >= 11 is 4.70. The second-order valence-corrected chi connectivity index (χ2v) is 2.33. The maximum absolute atomic E-state index is 8.46. The van der Waals surface area contributed by atoms with Crippen molar-refractivity contribution in [3.63, 3.8) is 0 Å². The van der Waals surface area contributed by atoms with Gasteiger partial charge in [0, 0.05) is 0 Å². The Bertz CT molecular complexity index is 106. The molecule has 0 aromatic carbocycles. The van der Waals surface area contributed by atoms with Gasteiger partial charge in [0.05, 0.1) is 31.0 Å². The third-order valence-electron chi connectivity index (χ3n) is 0.475. The van der Waals surface area contributed by atoms with Crippen molar-refractivity contribution in [3.05, 3.63) is 0 Å². The highest BCUT2D eigenvalue weighted by Crippen LogP contribution is 2.33. The van der Waals surface area contributed by atoms with Crippen molar-refractivity contribution in [3.8, 4) is 6.07 Å². The first-order chi connectivity index (χ1) is 4.31. The van der Waals surface area contributed by atoms with Crippen molar-refractivity contribution in [2.24, 2.45) is 0 Å². The van der Waals surface area contributed by atoms with Crippen LogP contribution in [0.3, 0.4) is 0 Å². The highest BCUT2D eigenvalue weighted by molar-refractivity contribution is 7.41. The molecule has 0 bridgehead atoms. The summed E-state index contributed by atoms with van der Waals surface area (Å²) in [6.07, 6.45) is 0.222. The van der Waals surface area contributed by atoms with Gasteiger partial charge in [-0.1, -0.05) is 0 Å². The van der Waals surface area contributed by atoms with Crippen LogP contribution < -0.4 is 0 Å². The van der Waals surface area contributed by atoms with Crippen LogP contribution in [0.15, 0.2) is 0 Å². The van der Waals surface area contributed by atoms with Crippen molar-refractivity contribution >= 4 is 20.5 Å². The number of hydrogen-bond acceptors (Lipinski definition) is 4. The molecule has 4 nitrogen and oxygen atoms in total. The Hall–Kier alpha value is 0.0900. The Morgan fingerprint density at radius 1 is 1.78 bits per heavy atom. The van der Waals surface area contributed by atoms with Crippen molar-refractivity contribution in [2.45, 2.75) is 6.42 Å². The zero-order chi connectivity index (χ0) is 7.11. The van der Waals surface area contributed by atoms with Crippen molar-refractivity contribution in [1.82, 2.24) is 0 Å². The van der Waals surface area contributed by atoms with Gasteiger partial charge in [-0.15, -0.1) is 0 Å². The molecule has 0 saturated heterocycles. The van der Waals surface area contributed by atoms with E-state index in [0.717, 1.165) is 0 Å². The monoisotopic (exact) mass is 169 g/mol. The minimum atomic E-state index is -1.98. The van der Waals surface area contributed by atoms with Gasteiger partial charge in [-0.05, 0) is 0 Å². The molecule has 0 saturated carbocycles. The lowest BCUT2D eigenvalue weighted by Crippen LogP contribution is -1.86. The molecule has 0 fully saturated rings. The van der Waals surface area contributed by atoms with E-state index in [0.29, 0.717) is 0 Å². The molecule has 0 aromatic heterocycles. The van der Waals surface area contributed by atoms with Crippen LogP contribution in [-0.2, 0) is 8.60 Å². The molecule has 1 N–H and O–H groups in total. The van der Waals surface area contributed by atoms with Gasteiger partial charge in [0.25, 0.3) is 0 Å². The molecule has 1 unspecified atom stereocenters. The number of halogens is 1. The van der Waals surface area contributed by atoms with Gasteiger partial charge in [-0.3, -0.25) is 0 Å². The molecule has 52 valence electrons. The van der Waals surface area contributed by atoms with Gasteiger partial charge in [-0.25, -0.2) is 0 Å². The Morgan fingerprint density at radius 2 is 2.44 bits per heavy atom. The lowest BCUT2D eigenvalue weighted by atomic mass is 10.5. The van der Waals surface area contributed by atoms with Crippen LogP contribution >= 0.6 is 20.5 Å². The Morgan fingerprint density at radius 3 is 2.89 bits per heavy atom. The van der Waals surface area contributed by atoms with Crippen molar-refractivity contribution < 1.29 is 13.5 Å². The summed E-state index contributed by atoms with van der Waals surface area (Å²) in [6.45, 7) is 0.144. The fourth-order valence-electron chi connectivity index (χ4n) is 0.189. The summed E-state index contributed by atoms with van der Waals surface area (Å²) < 4.78 is 8.33. The first-order valence-corrected chi connectivity index (χ1v) is 3.52. The largest absolute Gasteiger partial charge is 0.347 e. The fourth-order valence-corrected chi connectivity index (χ4v) is 0.596. The predicted molar refractivity (Wildman–Crippen MR) is 32.3 cm³/mol. The van der Waals surface area contributed by atoms with Crippen LogP contribution in [0.1, 0.15) is 6.42 Å². The molecule has 0 amide bonds. The van der Waals surface area contributed by atoms with E-state index in [1.165, 1.54) is 0 Å². The summed E-state index contributed by atoms with van der Waals surface area (Å²) in [5.41, 5.74) is 0. The van der Waals surface area contributed by atoms with Gasteiger partial charge in [0.1, 0.15) is 0 Å². The van der Waals surface area contributed by atoms with Gasteiger partial charge >= 0.3 is 8.60 Å². The Labute approximate surface area is 59.1 Å². The minimum Gasteiger partial charge on any atom is -0.327 e. The van der Waals surface area contributed by atoms with Gasteiger partial charge in [-0.2, -0.15) is 9.34 Å². The van der Waals surface area contributed by atoms with Crippen LogP contribution in [-0.4, -0.2) is 11.5 Å². The molecule has 0 spiro atoms. The molecule has 6 heteroatoms. The highest BCUT2D eigenvalue weighted by atomic mass is 35.5. The number of hydrogen-bond donors (Lipinski definition) is 1. The second kappa shape index (κ2) is 6.21. The Kier molecular flexibility index (Phi) is 6.28. The molecule has 1 atom stereocenters. The minimum absolute atomic E-state index is 0.144. The summed E-state index contributed by atoms with van der Waals surface area (Å²) in [4.78, 5) is 8.46. The number of nitriles is 1. The predicted octanol–water partition coefficient (Wildman–Crippen LogP) is 1.31. The lowest BCUT2D eigenvalue weighted by molar-refractivity contribution is 0.272. The molecule has 0 rings (SSSR count). The average molecular weight is 170 g/mol. The molecule has 0 aromatic rings. The third-order valence-corrected chi connectivity index (χ3v) is 1.35. The molecule has 0 radical (unpaired) electrons. The maximum Gasteiger partial charge on any atom is 0.347 e. The van der Waals surface area contributed by atoms with E-state index in [-0.39, 0.29) is 13.0 Å². The van der Waals surface area contributed by atoms with Crippen LogP contribution in [0.4, 0.5) is 0 Å². The van der Waals surface area contributed by atoms with E-state index in [1.807, 2.05) is 6.07 Å². The zero-order valence-corrected chi connectivity index (χ0v) is 6.10. The molecule has 0 aliphatic heterocycles. The maximum atomic E-state index is 8.46. The van der Waals surface area contributed by atoms with E-state index in [2.05, 4.69) is 8.60 Å². The van der Waals surface area contributed by atoms with Crippen LogP contribution in [0.2, 0.25) is 0 Å². The normalized spacial score (nSPS) is 12.6.